The summed E-state index contributed by atoms with van der Waals surface area (Å²) in [6.07, 6.45) is 0. The summed E-state index contributed by atoms with van der Waals surface area (Å²) >= 11 is 0. The standard InChI is InChI=1S/C24H17F2NO4/c1-13-2-4-15(5-3-13)22(29)20-21(14-6-9-17(28)10-7-14)27(24(31)23(20)30)19-11-8-16(25)12-18(19)26/h2-12,21,28-29H,1H3/b22-20+. The van der Waals surface area contributed by atoms with Crippen LogP contribution in [0.4, 0.5) is 14.5 Å². The van der Waals surface area contributed by atoms with Gasteiger partial charge in [0.2, 0.25) is 0 Å². The number of Topliss-reactive ketones (excluding diaryl/α,β-unsaturated/α-hetero) is 1. The molecule has 1 aliphatic heterocycles. The van der Waals surface area contributed by atoms with Crippen LogP contribution in [-0.2, 0) is 9.59 Å². The lowest BCUT2D eigenvalue weighted by Crippen LogP contribution is -2.30. The van der Waals surface area contributed by atoms with Gasteiger partial charge in [0.1, 0.15) is 23.1 Å². The Bertz CT molecular complexity index is 1220. The van der Waals surface area contributed by atoms with Crippen LogP contribution < -0.4 is 4.90 Å². The van der Waals surface area contributed by atoms with E-state index in [0.717, 1.165) is 22.6 Å². The lowest BCUT2D eigenvalue weighted by molar-refractivity contribution is -0.132. The molecule has 1 amide bonds. The van der Waals surface area contributed by atoms with E-state index in [1.807, 2.05) is 6.92 Å². The second kappa shape index (κ2) is 7.68. The summed E-state index contributed by atoms with van der Waals surface area (Å²) in [5, 5.41) is 20.6. The first-order valence-corrected chi connectivity index (χ1v) is 9.40. The van der Waals surface area contributed by atoms with Crippen molar-refractivity contribution in [3.63, 3.8) is 0 Å². The average Bonchev–Trinajstić information content (AvgIpc) is 3.00. The molecule has 0 aliphatic carbocycles. The number of phenolic OH excluding ortho intramolecular Hbond substituents is 1. The number of hydrogen-bond donors (Lipinski definition) is 2. The van der Waals surface area contributed by atoms with Gasteiger partial charge in [0.05, 0.1) is 17.3 Å². The van der Waals surface area contributed by atoms with E-state index in [-0.39, 0.29) is 17.0 Å². The predicted molar refractivity (Wildman–Crippen MR) is 110 cm³/mol. The van der Waals surface area contributed by atoms with Gasteiger partial charge in [-0.2, -0.15) is 0 Å². The van der Waals surface area contributed by atoms with Crippen molar-refractivity contribution in [1.82, 2.24) is 0 Å². The van der Waals surface area contributed by atoms with Gasteiger partial charge >= 0.3 is 0 Å². The minimum Gasteiger partial charge on any atom is -0.508 e. The third-order valence-corrected chi connectivity index (χ3v) is 5.15. The molecule has 1 unspecified atom stereocenters. The van der Waals surface area contributed by atoms with E-state index in [9.17, 15) is 28.6 Å². The number of anilines is 1. The van der Waals surface area contributed by atoms with Crippen LogP contribution in [0.15, 0.2) is 72.3 Å². The maximum Gasteiger partial charge on any atom is 0.300 e. The summed E-state index contributed by atoms with van der Waals surface area (Å²) in [6, 6.07) is 13.8. The molecule has 0 radical (unpaired) electrons. The minimum absolute atomic E-state index is 0.0489. The SMILES string of the molecule is Cc1ccc(/C(O)=C2\C(=O)C(=O)N(c3ccc(F)cc3F)C2c2ccc(O)cc2)cc1. The number of aromatic hydroxyl groups is 1. The number of hydrogen-bond acceptors (Lipinski definition) is 4. The monoisotopic (exact) mass is 421 g/mol. The molecule has 0 bridgehead atoms. The molecule has 4 rings (SSSR count). The van der Waals surface area contributed by atoms with Crippen molar-refractivity contribution >= 4 is 23.1 Å². The predicted octanol–water partition coefficient (Wildman–Crippen LogP) is 4.61. The molecule has 0 aromatic heterocycles. The maximum atomic E-state index is 14.6. The normalized spacial score (nSPS) is 17.9. The summed E-state index contributed by atoms with van der Waals surface area (Å²) in [7, 11) is 0. The third kappa shape index (κ3) is 3.54. The Morgan fingerprint density at radius 1 is 0.935 bits per heavy atom. The van der Waals surface area contributed by atoms with Crippen LogP contribution in [0.3, 0.4) is 0 Å². The number of rotatable bonds is 3. The molecule has 3 aromatic carbocycles. The van der Waals surface area contributed by atoms with Crippen LogP contribution in [0.1, 0.15) is 22.7 Å². The average molecular weight is 421 g/mol. The second-order valence-corrected chi connectivity index (χ2v) is 7.22. The zero-order valence-corrected chi connectivity index (χ0v) is 16.3. The first-order chi connectivity index (χ1) is 14.8. The number of carbonyl (C=O) groups is 2. The number of nitrogens with zero attached hydrogens (tertiary/aromatic N) is 1. The fraction of sp³-hybridized carbons (Fsp3) is 0.0833. The van der Waals surface area contributed by atoms with Crippen molar-refractivity contribution < 1.29 is 28.6 Å². The summed E-state index contributed by atoms with van der Waals surface area (Å²) < 4.78 is 28.0. The zero-order valence-electron chi connectivity index (χ0n) is 16.3. The largest absolute Gasteiger partial charge is 0.508 e. The highest BCUT2D eigenvalue weighted by atomic mass is 19.1. The van der Waals surface area contributed by atoms with Crippen molar-refractivity contribution in [2.45, 2.75) is 13.0 Å². The van der Waals surface area contributed by atoms with Crippen LogP contribution >= 0.6 is 0 Å². The van der Waals surface area contributed by atoms with Gasteiger partial charge in [-0.1, -0.05) is 42.0 Å². The number of aliphatic hydroxyl groups is 1. The number of ketones is 1. The molecule has 1 aliphatic rings. The van der Waals surface area contributed by atoms with Gasteiger partial charge in [0, 0.05) is 11.6 Å². The summed E-state index contributed by atoms with van der Waals surface area (Å²) in [6.45, 7) is 1.86. The van der Waals surface area contributed by atoms with Crippen LogP contribution in [0.2, 0.25) is 0 Å². The van der Waals surface area contributed by atoms with Gasteiger partial charge in [-0.05, 0) is 36.8 Å². The van der Waals surface area contributed by atoms with E-state index in [4.69, 9.17) is 0 Å². The summed E-state index contributed by atoms with van der Waals surface area (Å²) in [5.41, 5.74) is 1.06. The molecule has 7 heteroatoms. The molecule has 5 nitrogen and oxygen atoms in total. The molecule has 31 heavy (non-hydrogen) atoms. The molecule has 2 N–H and O–H groups in total. The van der Waals surface area contributed by atoms with Crippen molar-refractivity contribution in [3.8, 4) is 5.75 Å². The molecule has 0 saturated carbocycles. The van der Waals surface area contributed by atoms with E-state index >= 15 is 0 Å². The van der Waals surface area contributed by atoms with Gasteiger partial charge in [0.15, 0.2) is 0 Å². The summed E-state index contributed by atoms with van der Waals surface area (Å²) in [4.78, 5) is 26.8. The van der Waals surface area contributed by atoms with Crippen LogP contribution in [0.5, 0.6) is 5.75 Å². The Morgan fingerprint density at radius 2 is 1.58 bits per heavy atom. The fourth-order valence-corrected chi connectivity index (χ4v) is 3.60. The van der Waals surface area contributed by atoms with Gasteiger partial charge in [-0.3, -0.25) is 14.5 Å². The zero-order chi connectivity index (χ0) is 22.3. The molecule has 3 aromatic rings. The van der Waals surface area contributed by atoms with Crippen molar-refractivity contribution in [2.75, 3.05) is 4.90 Å². The molecule has 1 saturated heterocycles. The Labute approximate surface area is 176 Å². The Kier molecular flexibility index (Phi) is 5.02. The van der Waals surface area contributed by atoms with E-state index in [1.165, 1.54) is 24.3 Å². The smallest absolute Gasteiger partial charge is 0.300 e. The first-order valence-electron chi connectivity index (χ1n) is 9.40. The number of benzene rings is 3. The van der Waals surface area contributed by atoms with Crippen molar-refractivity contribution in [2.24, 2.45) is 0 Å². The van der Waals surface area contributed by atoms with Gasteiger partial charge in [-0.25, -0.2) is 8.78 Å². The third-order valence-electron chi connectivity index (χ3n) is 5.15. The second-order valence-electron chi connectivity index (χ2n) is 7.22. The van der Waals surface area contributed by atoms with E-state index in [1.54, 1.807) is 24.3 Å². The summed E-state index contributed by atoms with van der Waals surface area (Å²) in [5.74, 6) is -4.38. The van der Waals surface area contributed by atoms with Crippen LogP contribution in [0, 0.1) is 18.6 Å². The number of aliphatic hydroxyl groups excluding tert-OH is 1. The van der Waals surface area contributed by atoms with E-state index in [2.05, 4.69) is 0 Å². The number of phenols is 1. The molecule has 0 spiro atoms. The minimum atomic E-state index is -1.18. The first kappa shape index (κ1) is 20.3. The number of aryl methyl sites for hydroxylation is 1. The maximum absolute atomic E-state index is 14.6. The topological polar surface area (TPSA) is 77.8 Å². The molecule has 156 valence electrons. The van der Waals surface area contributed by atoms with Gasteiger partial charge in [0.25, 0.3) is 11.7 Å². The van der Waals surface area contributed by atoms with Gasteiger partial charge in [-0.15, -0.1) is 0 Å². The van der Waals surface area contributed by atoms with E-state index in [0.29, 0.717) is 17.2 Å². The quantitative estimate of drug-likeness (QED) is 0.368. The number of carbonyl (C=O) groups excluding carboxylic acids is 2. The molecular weight excluding hydrogens is 404 g/mol. The molecular formula is C24H17F2NO4. The Hall–Kier alpha value is -4.00. The highest BCUT2D eigenvalue weighted by Crippen LogP contribution is 2.43. The Morgan fingerprint density at radius 3 is 2.19 bits per heavy atom. The van der Waals surface area contributed by atoms with E-state index < -0.39 is 35.1 Å². The van der Waals surface area contributed by atoms with Crippen LogP contribution in [0.25, 0.3) is 5.76 Å². The lowest BCUT2D eigenvalue weighted by atomic mass is 9.95. The highest BCUT2D eigenvalue weighted by molar-refractivity contribution is 6.51. The molecule has 1 atom stereocenters. The molecule has 1 fully saturated rings. The molecule has 1 heterocycles. The highest BCUT2D eigenvalue weighted by Gasteiger charge is 2.47. The number of amides is 1. The van der Waals surface area contributed by atoms with Crippen LogP contribution in [-0.4, -0.2) is 21.9 Å². The lowest BCUT2D eigenvalue weighted by Gasteiger charge is -2.25. The Balaban J connectivity index is 1.96. The fourth-order valence-electron chi connectivity index (χ4n) is 3.60. The van der Waals surface area contributed by atoms with Gasteiger partial charge < -0.3 is 10.2 Å². The van der Waals surface area contributed by atoms with Crippen molar-refractivity contribution in [1.29, 1.82) is 0 Å². The van der Waals surface area contributed by atoms with Crippen molar-refractivity contribution in [3.05, 3.63) is 101 Å². The number of halogens is 2.